The Morgan fingerprint density at radius 3 is 2.71 bits per heavy atom. The number of urea groups is 1. The maximum Gasteiger partial charge on any atom is 0.317 e. The first-order valence-corrected chi connectivity index (χ1v) is 7.13. The standard InChI is InChI=1S/C15H23N3O3/c1-11(16-6-8-18-9-7-17-15(18)19)12-4-5-13(20-2)14(10-12)21-3/h4-5,10-11,16H,6-9H2,1-3H3,(H,17,19). The van der Waals surface area contributed by atoms with E-state index >= 15 is 0 Å². The molecule has 2 N–H and O–H groups in total. The van der Waals surface area contributed by atoms with Crippen molar-refractivity contribution in [2.24, 2.45) is 0 Å². The van der Waals surface area contributed by atoms with Gasteiger partial charge in [-0.15, -0.1) is 0 Å². The molecule has 1 aromatic carbocycles. The van der Waals surface area contributed by atoms with Crippen molar-refractivity contribution in [3.05, 3.63) is 23.8 Å². The molecule has 116 valence electrons. The number of nitrogens with zero attached hydrogens (tertiary/aromatic N) is 1. The largest absolute Gasteiger partial charge is 0.493 e. The Bertz CT molecular complexity index is 493. The van der Waals surface area contributed by atoms with Gasteiger partial charge in [0.25, 0.3) is 0 Å². The van der Waals surface area contributed by atoms with Crippen molar-refractivity contribution in [2.75, 3.05) is 40.4 Å². The van der Waals surface area contributed by atoms with Crippen LogP contribution in [0.25, 0.3) is 0 Å². The molecule has 2 amide bonds. The van der Waals surface area contributed by atoms with Crippen LogP contribution in [0.5, 0.6) is 11.5 Å². The summed E-state index contributed by atoms with van der Waals surface area (Å²) in [4.78, 5) is 13.2. The summed E-state index contributed by atoms with van der Waals surface area (Å²) in [6, 6.07) is 6.09. The van der Waals surface area contributed by atoms with E-state index in [1.807, 2.05) is 23.1 Å². The SMILES string of the molecule is COc1ccc(C(C)NCCN2CCNC2=O)cc1OC. The predicted molar refractivity (Wildman–Crippen MR) is 80.9 cm³/mol. The molecule has 2 rings (SSSR count). The number of nitrogens with one attached hydrogen (secondary N) is 2. The Hall–Kier alpha value is -1.95. The van der Waals surface area contributed by atoms with E-state index in [0.29, 0.717) is 6.54 Å². The predicted octanol–water partition coefficient (Wildman–Crippen LogP) is 1.38. The fraction of sp³-hybridized carbons (Fsp3) is 0.533. The third-order valence-corrected chi connectivity index (χ3v) is 3.69. The van der Waals surface area contributed by atoms with Crippen LogP contribution in [-0.2, 0) is 0 Å². The van der Waals surface area contributed by atoms with Crippen molar-refractivity contribution < 1.29 is 14.3 Å². The number of ether oxygens (including phenoxy) is 2. The summed E-state index contributed by atoms with van der Waals surface area (Å²) in [6.07, 6.45) is 0. The molecule has 0 spiro atoms. The van der Waals surface area contributed by atoms with Crippen LogP contribution >= 0.6 is 0 Å². The van der Waals surface area contributed by atoms with E-state index in [1.165, 1.54) is 0 Å². The molecule has 1 aromatic rings. The molecule has 1 aliphatic heterocycles. The molecule has 0 aliphatic carbocycles. The maximum absolute atomic E-state index is 11.4. The Balaban J connectivity index is 1.87. The van der Waals surface area contributed by atoms with E-state index in [9.17, 15) is 4.79 Å². The lowest BCUT2D eigenvalue weighted by Gasteiger charge is -2.19. The van der Waals surface area contributed by atoms with Crippen molar-refractivity contribution >= 4 is 6.03 Å². The van der Waals surface area contributed by atoms with Crippen molar-refractivity contribution in [1.29, 1.82) is 0 Å². The fourth-order valence-electron chi connectivity index (χ4n) is 2.38. The van der Waals surface area contributed by atoms with Gasteiger partial charge in [0.1, 0.15) is 0 Å². The highest BCUT2D eigenvalue weighted by Crippen LogP contribution is 2.29. The Morgan fingerprint density at radius 2 is 2.10 bits per heavy atom. The summed E-state index contributed by atoms with van der Waals surface area (Å²) >= 11 is 0. The van der Waals surface area contributed by atoms with Crippen LogP contribution < -0.4 is 20.1 Å². The summed E-state index contributed by atoms with van der Waals surface area (Å²) in [7, 11) is 3.26. The summed E-state index contributed by atoms with van der Waals surface area (Å²) in [6.45, 7) is 5.08. The van der Waals surface area contributed by atoms with Crippen LogP contribution in [0.15, 0.2) is 18.2 Å². The number of hydrogen-bond donors (Lipinski definition) is 2. The Labute approximate surface area is 125 Å². The zero-order chi connectivity index (χ0) is 15.2. The highest BCUT2D eigenvalue weighted by atomic mass is 16.5. The second-order valence-corrected chi connectivity index (χ2v) is 5.01. The van der Waals surface area contributed by atoms with Gasteiger partial charge < -0.3 is 25.0 Å². The van der Waals surface area contributed by atoms with Gasteiger partial charge in [-0.25, -0.2) is 4.79 Å². The molecule has 6 heteroatoms. The first kappa shape index (κ1) is 15.4. The van der Waals surface area contributed by atoms with Crippen LogP contribution in [0.4, 0.5) is 4.79 Å². The van der Waals surface area contributed by atoms with Crippen LogP contribution in [0, 0.1) is 0 Å². The van der Waals surface area contributed by atoms with E-state index in [0.717, 1.165) is 36.7 Å². The third-order valence-electron chi connectivity index (χ3n) is 3.69. The van der Waals surface area contributed by atoms with Crippen LogP contribution in [0.3, 0.4) is 0 Å². The van der Waals surface area contributed by atoms with Crippen LogP contribution in [-0.4, -0.2) is 51.3 Å². The normalized spacial score (nSPS) is 15.8. The molecule has 1 fully saturated rings. The molecule has 0 bridgehead atoms. The van der Waals surface area contributed by atoms with Gasteiger partial charge in [0.05, 0.1) is 14.2 Å². The van der Waals surface area contributed by atoms with Crippen molar-refractivity contribution in [3.63, 3.8) is 0 Å². The smallest absolute Gasteiger partial charge is 0.317 e. The third kappa shape index (κ3) is 3.78. The molecular weight excluding hydrogens is 270 g/mol. The van der Waals surface area contributed by atoms with E-state index in [2.05, 4.69) is 17.6 Å². The summed E-state index contributed by atoms with van der Waals surface area (Å²) < 4.78 is 10.5. The molecule has 0 radical (unpaired) electrons. The second-order valence-electron chi connectivity index (χ2n) is 5.01. The van der Waals surface area contributed by atoms with Gasteiger partial charge in [0.15, 0.2) is 11.5 Å². The molecule has 1 heterocycles. The number of benzene rings is 1. The topological polar surface area (TPSA) is 62.8 Å². The minimum atomic E-state index is 0.0237. The lowest BCUT2D eigenvalue weighted by Crippen LogP contribution is -2.35. The molecule has 0 saturated carbocycles. The number of rotatable bonds is 7. The second kappa shape index (κ2) is 7.17. The number of methoxy groups -OCH3 is 2. The van der Waals surface area contributed by atoms with Crippen LogP contribution in [0.2, 0.25) is 0 Å². The fourth-order valence-corrected chi connectivity index (χ4v) is 2.38. The maximum atomic E-state index is 11.4. The van der Waals surface area contributed by atoms with E-state index in [4.69, 9.17) is 9.47 Å². The van der Waals surface area contributed by atoms with E-state index in [-0.39, 0.29) is 12.1 Å². The van der Waals surface area contributed by atoms with Crippen LogP contribution in [0.1, 0.15) is 18.5 Å². The first-order valence-electron chi connectivity index (χ1n) is 7.13. The van der Waals surface area contributed by atoms with Gasteiger partial charge in [-0.3, -0.25) is 0 Å². The van der Waals surface area contributed by atoms with Gasteiger partial charge in [-0.2, -0.15) is 0 Å². The number of hydrogen-bond acceptors (Lipinski definition) is 4. The monoisotopic (exact) mass is 293 g/mol. The quantitative estimate of drug-likeness (QED) is 0.797. The van der Waals surface area contributed by atoms with Crippen molar-refractivity contribution in [1.82, 2.24) is 15.5 Å². The average molecular weight is 293 g/mol. The summed E-state index contributed by atoms with van der Waals surface area (Å²) in [5, 5.41) is 6.21. The van der Waals surface area contributed by atoms with Gasteiger partial charge in [0, 0.05) is 32.2 Å². The lowest BCUT2D eigenvalue weighted by molar-refractivity contribution is 0.217. The molecule has 1 saturated heterocycles. The van der Waals surface area contributed by atoms with Gasteiger partial charge in [-0.1, -0.05) is 6.07 Å². The molecule has 1 unspecified atom stereocenters. The lowest BCUT2D eigenvalue weighted by atomic mass is 10.1. The van der Waals surface area contributed by atoms with Gasteiger partial charge >= 0.3 is 6.03 Å². The number of carbonyl (C=O) groups excluding carboxylic acids is 1. The molecule has 1 aliphatic rings. The zero-order valence-electron chi connectivity index (χ0n) is 12.8. The molecule has 0 aromatic heterocycles. The highest BCUT2D eigenvalue weighted by molar-refractivity contribution is 5.76. The highest BCUT2D eigenvalue weighted by Gasteiger charge is 2.18. The Kier molecular flexibility index (Phi) is 5.27. The van der Waals surface area contributed by atoms with E-state index in [1.54, 1.807) is 14.2 Å². The number of amides is 2. The Morgan fingerprint density at radius 1 is 1.33 bits per heavy atom. The van der Waals surface area contributed by atoms with Gasteiger partial charge in [-0.05, 0) is 24.6 Å². The minimum absolute atomic E-state index is 0.0237. The molecule has 6 nitrogen and oxygen atoms in total. The van der Waals surface area contributed by atoms with Crippen molar-refractivity contribution in [2.45, 2.75) is 13.0 Å². The summed E-state index contributed by atoms with van der Waals surface area (Å²) in [5.74, 6) is 1.45. The first-order chi connectivity index (χ1) is 10.2. The number of carbonyl (C=O) groups is 1. The average Bonchev–Trinajstić information content (AvgIpc) is 2.91. The van der Waals surface area contributed by atoms with Gasteiger partial charge in [0.2, 0.25) is 0 Å². The van der Waals surface area contributed by atoms with Crippen molar-refractivity contribution in [3.8, 4) is 11.5 Å². The molecule has 1 atom stereocenters. The molecular formula is C15H23N3O3. The van der Waals surface area contributed by atoms with E-state index < -0.39 is 0 Å². The zero-order valence-corrected chi connectivity index (χ0v) is 12.8. The molecule has 21 heavy (non-hydrogen) atoms. The minimum Gasteiger partial charge on any atom is -0.493 e. The summed E-state index contributed by atoms with van der Waals surface area (Å²) in [5.41, 5.74) is 1.12.